The molecule has 2 N–H and O–H groups in total. The fourth-order valence-corrected chi connectivity index (χ4v) is 2.15. The summed E-state index contributed by atoms with van der Waals surface area (Å²) >= 11 is 0. The van der Waals surface area contributed by atoms with Gasteiger partial charge < -0.3 is 19.8 Å². The number of hydrogen-bond acceptors (Lipinski definition) is 4. The molecule has 2 rings (SSSR count). The first-order chi connectivity index (χ1) is 7.58. The van der Waals surface area contributed by atoms with Crippen LogP contribution in [0.4, 0.5) is 0 Å². The molecule has 16 heavy (non-hydrogen) atoms. The SMILES string of the molecule is O=C(O)C1CCC(C(=O)N2CCC(O)C2)O1. The van der Waals surface area contributed by atoms with Gasteiger partial charge in [0.05, 0.1) is 6.10 Å². The first-order valence-electron chi connectivity index (χ1n) is 5.43. The van der Waals surface area contributed by atoms with Crippen molar-refractivity contribution < 1.29 is 24.5 Å². The Morgan fingerprint density at radius 3 is 2.38 bits per heavy atom. The third-order valence-electron chi connectivity index (χ3n) is 3.05. The Kier molecular flexibility index (Phi) is 3.11. The number of carboxylic acid groups (broad SMARTS) is 1. The highest BCUT2D eigenvalue weighted by atomic mass is 16.5. The lowest BCUT2D eigenvalue weighted by Crippen LogP contribution is -2.38. The lowest BCUT2D eigenvalue weighted by atomic mass is 10.2. The molecule has 3 atom stereocenters. The van der Waals surface area contributed by atoms with Crippen LogP contribution in [0.1, 0.15) is 19.3 Å². The van der Waals surface area contributed by atoms with Gasteiger partial charge in [-0.1, -0.05) is 0 Å². The smallest absolute Gasteiger partial charge is 0.332 e. The Hall–Kier alpha value is -1.14. The molecule has 90 valence electrons. The van der Waals surface area contributed by atoms with E-state index in [0.29, 0.717) is 32.4 Å². The molecule has 6 nitrogen and oxygen atoms in total. The molecular weight excluding hydrogens is 214 g/mol. The van der Waals surface area contributed by atoms with Crippen LogP contribution in [0.5, 0.6) is 0 Å². The van der Waals surface area contributed by atoms with Gasteiger partial charge in [0.25, 0.3) is 5.91 Å². The number of likely N-dealkylation sites (tertiary alicyclic amines) is 1. The second kappa shape index (κ2) is 4.39. The largest absolute Gasteiger partial charge is 0.479 e. The summed E-state index contributed by atoms with van der Waals surface area (Å²) in [5.74, 6) is -1.21. The summed E-state index contributed by atoms with van der Waals surface area (Å²) in [6.07, 6.45) is -0.556. The van der Waals surface area contributed by atoms with Gasteiger partial charge in [0.1, 0.15) is 6.10 Å². The van der Waals surface area contributed by atoms with Crippen molar-refractivity contribution >= 4 is 11.9 Å². The number of carbonyl (C=O) groups excluding carboxylic acids is 1. The molecule has 2 heterocycles. The number of nitrogens with zero attached hydrogens (tertiary/aromatic N) is 1. The van der Waals surface area contributed by atoms with Crippen molar-refractivity contribution in [1.82, 2.24) is 4.90 Å². The minimum Gasteiger partial charge on any atom is -0.479 e. The van der Waals surface area contributed by atoms with Gasteiger partial charge in [-0.3, -0.25) is 4.79 Å². The lowest BCUT2D eigenvalue weighted by molar-refractivity contribution is -0.154. The molecule has 1 amide bonds. The Morgan fingerprint density at radius 2 is 1.88 bits per heavy atom. The highest BCUT2D eigenvalue weighted by molar-refractivity contribution is 5.83. The van der Waals surface area contributed by atoms with E-state index in [1.807, 2.05) is 0 Å². The van der Waals surface area contributed by atoms with E-state index in [2.05, 4.69) is 0 Å². The van der Waals surface area contributed by atoms with Crippen LogP contribution in [0.3, 0.4) is 0 Å². The van der Waals surface area contributed by atoms with Crippen LogP contribution >= 0.6 is 0 Å². The van der Waals surface area contributed by atoms with Crippen molar-refractivity contribution in [1.29, 1.82) is 0 Å². The van der Waals surface area contributed by atoms with E-state index < -0.39 is 24.3 Å². The molecule has 0 aliphatic carbocycles. The summed E-state index contributed by atoms with van der Waals surface area (Å²) in [4.78, 5) is 24.1. The predicted octanol–water partition coefficient (Wildman–Crippen LogP) is -0.788. The maximum atomic E-state index is 11.9. The van der Waals surface area contributed by atoms with Crippen LogP contribution in [0, 0.1) is 0 Å². The number of β-amino-alcohol motifs (C(OH)–C–C–N with tert-alkyl or cyclic N) is 1. The summed E-state index contributed by atoms with van der Waals surface area (Å²) in [6, 6.07) is 0. The van der Waals surface area contributed by atoms with E-state index in [1.165, 1.54) is 0 Å². The predicted molar refractivity (Wildman–Crippen MR) is 52.7 cm³/mol. The molecule has 0 saturated carbocycles. The van der Waals surface area contributed by atoms with E-state index >= 15 is 0 Å². The van der Waals surface area contributed by atoms with Gasteiger partial charge >= 0.3 is 5.97 Å². The lowest BCUT2D eigenvalue weighted by Gasteiger charge is -2.19. The first kappa shape index (κ1) is 11.3. The average Bonchev–Trinajstić information content (AvgIpc) is 2.84. The van der Waals surface area contributed by atoms with Crippen LogP contribution in [0.25, 0.3) is 0 Å². The fourth-order valence-electron chi connectivity index (χ4n) is 2.15. The van der Waals surface area contributed by atoms with E-state index in [9.17, 15) is 14.7 Å². The molecule has 3 unspecified atom stereocenters. The monoisotopic (exact) mass is 229 g/mol. The van der Waals surface area contributed by atoms with Crippen molar-refractivity contribution in [3.05, 3.63) is 0 Å². The molecular formula is C10H15NO5. The summed E-state index contributed by atoms with van der Waals surface area (Å²) in [5.41, 5.74) is 0. The normalized spacial score (nSPS) is 34.3. The van der Waals surface area contributed by atoms with Crippen LogP contribution in [-0.2, 0) is 14.3 Å². The Labute approximate surface area is 92.8 Å². The Balaban J connectivity index is 1.89. The number of ether oxygens (including phenoxy) is 1. The number of aliphatic carboxylic acids is 1. The van der Waals surface area contributed by atoms with E-state index in [4.69, 9.17) is 9.84 Å². The molecule has 2 aliphatic rings. The summed E-state index contributed by atoms with van der Waals surface area (Å²) < 4.78 is 5.16. The van der Waals surface area contributed by atoms with Crippen molar-refractivity contribution in [3.8, 4) is 0 Å². The molecule has 0 aromatic carbocycles. The molecule has 0 aromatic heterocycles. The minimum atomic E-state index is -1.02. The van der Waals surface area contributed by atoms with Gasteiger partial charge in [-0.2, -0.15) is 0 Å². The zero-order chi connectivity index (χ0) is 11.7. The number of aliphatic hydroxyl groups is 1. The van der Waals surface area contributed by atoms with Crippen LogP contribution in [0.15, 0.2) is 0 Å². The van der Waals surface area contributed by atoms with Gasteiger partial charge in [0, 0.05) is 13.1 Å². The van der Waals surface area contributed by atoms with Crippen molar-refractivity contribution in [3.63, 3.8) is 0 Å². The molecule has 2 aliphatic heterocycles. The number of amides is 1. The molecule has 0 bridgehead atoms. The standard InChI is InChI=1S/C10H15NO5/c12-6-3-4-11(5-6)9(13)7-1-2-8(16-7)10(14)15/h6-8,12H,1-5H2,(H,14,15). The number of hydrogen-bond donors (Lipinski definition) is 2. The van der Waals surface area contributed by atoms with Crippen LogP contribution < -0.4 is 0 Å². The van der Waals surface area contributed by atoms with Gasteiger partial charge in [-0.15, -0.1) is 0 Å². The van der Waals surface area contributed by atoms with E-state index in [1.54, 1.807) is 4.90 Å². The summed E-state index contributed by atoms with van der Waals surface area (Å²) in [5, 5.41) is 18.0. The van der Waals surface area contributed by atoms with Crippen molar-refractivity contribution in [2.24, 2.45) is 0 Å². The molecule has 0 spiro atoms. The second-order valence-electron chi connectivity index (χ2n) is 4.26. The number of rotatable bonds is 2. The molecule has 2 saturated heterocycles. The second-order valence-corrected chi connectivity index (χ2v) is 4.26. The highest BCUT2D eigenvalue weighted by Gasteiger charge is 2.38. The molecule has 0 aromatic rings. The van der Waals surface area contributed by atoms with Gasteiger partial charge in [0.2, 0.25) is 0 Å². The van der Waals surface area contributed by atoms with Crippen LogP contribution in [-0.4, -0.2) is 58.4 Å². The molecule has 6 heteroatoms. The minimum absolute atomic E-state index is 0.194. The number of aliphatic hydroxyl groups excluding tert-OH is 1. The third kappa shape index (κ3) is 2.17. The topological polar surface area (TPSA) is 87.1 Å². The zero-order valence-corrected chi connectivity index (χ0v) is 8.83. The van der Waals surface area contributed by atoms with Crippen molar-refractivity contribution in [2.45, 2.75) is 37.6 Å². The van der Waals surface area contributed by atoms with Gasteiger partial charge in [-0.05, 0) is 19.3 Å². The molecule has 2 fully saturated rings. The first-order valence-corrected chi connectivity index (χ1v) is 5.43. The van der Waals surface area contributed by atoms with Gasteiger partial charge in [0.15, 0.2) is 6.10 Å². The Morgan fingerprint density at radius 1 is 1.19 bits per heavy atom. The van der Waals surface area contributed by atoms with E-state index in [-0.39, 0.29) is 5.91 Å². The number of carboxylic acids is 1. The van der Waals surface area contributed by atoms with E-state index in [0.717, 1.165) is 0 Å². The Bertz CT molecular complexity index is 306. The van der Waals surface area contributed by atoms with Crippen molar-refractivity contribution in [2.75, 3.05) is 13.1 Å². The highest BCUT2D eigenvalue weighted by Crippen LogP contribution is 2.23. The third-order valence-corrected chi connectivity index (χ3v) is 3.05. The van der Waals surface area contributed by atoms with Gasteiger partial charge in [-0.25, -0.2) is 4.79 Å². The maximum absolute atomic E-state index is 11.9. The maximum Gasteiger partial charge on any atom is 0.332 e. The fraction of sp³-hybridized carbons (Fsp3) is 0.800. The zero-order valence-electron chi connectivity index (χ0n) is 8.83. The molecule has 0 radical (unpaired) electrons. The summed E-state index contributed by atoms with van der Waals surface area (Å²) in [6.45, 7) is 0.855. The summed E-state index contributed by atoms with van der Waals surface area (Å²) in [7, 11) is 0. The average molecular weight is 229 g/mol. The van der Waals surface area contributed by atoms with Crippen LogP contribution in [0.2, 0.25) is 0 Å². The number of carbonyl (C=O) groups is 2. The quantitative estimate of drug-likeness (QED) is 0.648.